The van der Waals surface area contributed by atoms with Crippen LogP contribution in [0.15, 0.2) is 36.4 Å². The highest BCUT2D eigenvalue weighted by molar-refractivity contribution is 7.92. The van der Waals surface area contributed by atoms with Crippen molar-refractivity contribution in [2.45, 2.75) is 12.8 Å². The molecule has 142 valence electrons. The second-order valence-electron chi connectivity index (χ2n) is 6.16. The monoisotopic (exact) mass is 393 g/mol. The van der Waals surface area contributed by atoms with Crippen LogP contribution in [-0.4, -0.2) is 32.0 Å². The van der Waals surface area contributed by atoms with Gasteiger partial charge in [-0.25, -0.2) is 12.8 Å². The molecule has 0 unspecified atom stereocenters. The summed E-state index contributed by atoms with van der Waals surface area (Å²) in [5, 5.41) is 13.1. The van der Waals surface area contributed by atoms with Gasteiger partial charge in [0, 0.05) is 24.2 Å². The molecule has 8 nitrogen and oxygen atoms in total. The smallest absolute Gasteiger partial charge is 0.271 e. The topological polar surface area (TPSA) is 110 Å². The van der Waals surface area contributed by atoms with Crippen molar-refractivity contribution in [2.24, 2.45) is 0 Å². The van der Waals surface area contributed by atoms with Crippen molar-refractivity contribution in [3.63, 3.8) is 0 Å². The number of fused-ring (bicyclic) bond motifs is 1. The minimum absolute atomic E-state index is 0.204. The predicted molar refractivity (Wildman–Crippen MR) is 98.0 cm³/mol. The zero-order valence-electron chi connectivity index (χ0n) is 14.3. The minimum atomic E-state index is -3.42. The fourth-order valence-corrected chi connectivity index (χ4v) is 3.96. The summed E-state index contributed by atoms with van der Waals surface area (Å²) in [6, 6.07) is 7.38. The van der Waals surface area contributed by atoms with Gasteiger partial charge in [-0.15, -0.1) is 0 Å². The first-order valence-electron chi connectivity index (χ1n) is 8.03. The third-order valence-corrected chi connectivity index (χ3v) is 5.41. The molecule has 10 heteroatoms. The molecule has 0 spiro atoms. The molecule has 2 aromatic rings. The number of carbonyl (C=O) groups is 1. The van der Waals surface area contributed by atoms with Crippen molar-refractivity contribution >= 4 is 33.0 Å². The van der Waals surface area contributed by atoms with Gasteiger partial charge in [-0.2, -0.15) is 0 Å². The zero-order valence-corrected chi connectivity index (χ0v) is 15.1. The normalized spacial score (nSPS) is 13.8. The maximum absolute atomic E-state index is 13.9. The van der Waals surface area contributed by atoms with Gasteiger partial charge in [0.05, 0.1) is 22.6 Å². The molecule has 0 bridgehead atoms. The summed E-state index contributed by atoms with van der Waals surface area (Å²) in [6.45, 7) is 0.371. The molecular formula is C17H16FN3O5S. The molecule has 0 fully saturated rings. The van der Waals surface area contributed by atoms with Crippen LogP contribution >= 0.6 is 0 Å². The predicted octanol–water partition coefficient (Wildman–Crippen LogP) is 2.70. The number of nitro benzene ring substituents is 1. The van der Waals surface area contributed by atoms with E-state index in [0.29, 0.717) is 30.6 Å². The van der Waals surface area contributed by atoms with Gasteiger partial charge >= 0.3 is 0 Å². The van der Waals surface area contributed by atoms with Gasteiger partial charge in [0.15, 0.2) is 0 Å². The highest BCUT2D eigenvalue weighted by Gasteiger charge is 2.25. The summed E-state index contributed by atoms with van der Waals surface area (Å²) in [5.41, 5.74) is 0.765. The molecule has 3 rings (SSSR count). The van der Waals surface area contributed by atoms with E-state index in [2.05, 4.69) is 5.32 Å². The Labute approximate surface area is 154 Å². The Morgan fingerprint density at radius 3 is 2.67 bits per heavy atom. The summed E-state index contributed by atoms with van der Waals surface area (Å²) in [7, 11) is -3.42. The average Bonchev–Trinajstić information content (AvgIpc) is 2.61. The second-order valence-corrected chi connectivity index (χ2v) is 8.06. The quantitative estimate of drug-likeness (QED) is 0.634. The lowest BCUT2D eigenvalue weighted by molar-refractivity contribution is -0.384. The van der Waals surface area contributed by atoms with E-state index in [4.69, 9.17) is 0 Å². The molecule has 1 heterocycles. The summed E-state index contributed by atoms with van der Waals surface area (Å²) in [5.74, 6) is -1.44. The molecule has 1 aliphatic heterocycles. The number of nitrogens with one attached hydrogen (secondary N) is 1. The zero-order chi connectivity index (χ0) is 19.8. The lowest BCUT2D eigenvalue weighted by Gasteiger charge is -2.29. The maximum atomic E-state index is 13.9. The summed E-state index contributed by atoms with van der Waals surface area (Å²) in [6.07, 6.45) is 2.34. The average molecular weight is 393 g/mol. The SMILES string of the molecule is CS(=O)(=O)N1CCCc2cc(C(=O)Nc3cc([N+](=O)[O-])ccc3F)ccc21. The molecule has 0 aliphatic carbocycles. The molecule has 0 atom stereocenters. The standard InChI is InChI=1S/C17H16FN3O5S/c1-27(25,26)20-8-2-3-11-9-12(4-7-16(11)20)17(22)19-15-10-13(21(23)24)5-6-14(15)18/h4-7,9-10H,2-3,8H2,1H3,(H,19,22). The molecule has 0 aromatic heterocycles. The number of rotatable bonds is 4. The van der Waals surface area contributed by atoms with E-state index < -0.39 is 26.7 Å². The van der Waals surface area contributed by atoms with Crippen molar-refractivity contribution < 1.29 is 22.5 Å². The molecule has 2 aromatic carbocycles. The first-order chi connectivity index (χ1) is 12.7. The van der Waals surface area contributed by atoms with E-state index in [1.807, 2.05) is 0 Å². The van der Waals surface area contributed by atoms with Gasteiger partial charge in [-0.3, -0.25) is 19.2 Å². The molecule has 0 saturated heterocycles. The molecule has 0 saturated carbocycles. The number of aryl methyl sites for hydroxylation is 1. The van der Waals surface area contributed by atoms with Crippen molar-refractivity contribution in [1.82, 2.24) is 0 Å². The lowest BCUT2D eigenvalue weighted by Crippen LogP contribution is -2.34. The largest absolute Gasteiger partial charge is 0.319 e. The van der Waals surface area contributed by atoms with Crippen LogP contribution in [0.1, 0.15) is 22.3 Å². The van der Waals surface area contributed by atoms with Crippen LogP contribution in [0.4, 0.5) is 21.5 Å². The third-order valence-electron chi connectivity index (χ3n) is 4.23. The van der Waals surface area contributed by atoms with Crippen molar-refractivity contribution in [2.75, 3.05) is 22.4 Å². The summed E-state index contributed by atoms with van der Waals surface area (Å²) >= 11 is 0. The number of hydrogen-bond acceptors (Lipinski definition) is 5. The number of hydrogen-bond donors (Lipinski definition) is 1. The molecule has 1 amide bonds. The number of halogens is 1. The fourth-order valence-electron chi connectivity index (χ4n) is 2.97. The first kappa shape index (κ1) is 18.8. The number of sulfonamides is 1. The van der Waals surface area contributed by atoms with Gasteiger partial charge in [0.2, 0.25) is 10.0 Å². The van der Waals surface area contributed by atoms with Gasteiger partial charge in [-0.1, -0.05) is 0 Å². The molecule has 0 radical (unpaired) electrons. The van der Waals surface area contributed by atoms with Crippen LogP contribution in [0.5, 0.6) is 0 Å². The lowest BCUT2D eigenvalue weighted by atomic mass is 10.0. The highest BCUT2D eigenvalue weighted by atomic mass is 32.2. The number of amides is 1. The molecule has 27 heavy (non-hydrogen) atoms. The Hall–Kier alpha value is -3.01. The summed E-state index contributed by atoms with van der Waals surface area (Å²) in [4.78, 5) is 22.6. The Morgan fingerprint density at radius 2 is 2.00 bits per heavy atom. The van der Waals surface area contributed by atoms with Crippen LogP contribution in [0.2, 0.25) is 0 Å². The Bertz CT molecular complexity index is 1040. The van der Waals surface area contributed by atoms with Gasteiger partial charge in [0.25, 0.3) is 11.6 Å². The number of benzene rings is 2. The van der Waals surface area contributed by atoms with E-state index in [1.165, 1.54) is 16.4 Å². The van der Waals surface area contributed by atoms with Gasteiger partial charge < -0.3 is 5.32 Å². The number of nitro groups is 1. The Balaban J connectivity index is 1.89. The van der Waals surface area contributed by atoms with Crippen molar-refractivity contribution in [1.29, 1.82) is 0 Å². The third kappa shape index (κ3) is 3.90. The minimum Gasteiger partial charge on any atom is -0.319 e. The van der Waals surface area contributed by atoms with Gasteiger partial charge in [0.1, 0.15) is 5.82 Å². The van der Waals surface area contributed by atoms with Crippen LogP contribution in [0, 0.1) is 15.9 Å². The van der Waals surface area contributed by atoms with Gasteiger partial charge in [-0.05, 0) is 42.7 Å². The molecular weight excluding hydrogens is 377 g/mol. The van der Waals surface area contributed by atoms with E-state index >= 15 is 0 Å². The van der Waals surface area contributed by atoms with Crippen molar-refractivity contribution in [3.05, 3.63) is 63.5 Å². The van der Waals surface area contributed by atoms with Crippen LogP contribution in [0.3, 0.4) is 0 Å². The number of non-ortho nitro benzene ring substituents is 1. The van der Waals surface area contributed by atoms with E-state index in [-0.39, 0.29) is 16.9 Å². The molecule has 1 aliphatic rings. The Morgan fingerprint density at radius 1 is 1.26 bits per heavy atom. The van der Waals surface area contributed by atoms with E-state index in [0.717, 1.165) is 24.5 Å². The van der Waals surface area contributed by atoms with Crippen LogP contribution < -0.4 is 9.62 Å². The number of carbonyl (C=O) groups excluding carboxylic acids is 1. The number of anilines is 2. The van der Waals surface area contributed by atoms with Crippen LogP contribution in [-0.2, 0) is 16.4 Å². The molecule has 1 N–H and O–H groups in total. The van der Waals surface area contributed by atoms with E-state index in [9.17, 15) is 27.7 Å². The number of nitrogens with zero attached hydrogens (tertiary/aromatic N) is 2. The van der Waals surface area contributed by atoms with Crippen LogP contribution in [0.25, 0.3) is 0 Å². The first-order valence-corrected chi connectivity index (χ1v) is 9.87. The maximum Gasteiger partial charge on any atom is 0.271 e. The fraction of sp³-hybridized carbons (Fsp3) is 0.235. The van der Waals surface area contributed by atoms with Crippen molar-refractivity contribution in [3.8, 4) is 0 Å². The highest BCUT2D eigenvalue weighted by Crippen LogP contribution is 2.30. The summed E-state index contributed by atoms with van der Waals surface area (Å²) < 4.78 is 38.9. The second kappa shape index (κ2) is 6.95. The Kier molecular flexibility index (Phi) is 4.83. The van der Waals surface area contributed by atoms with E-state index in [1.54, 1.807) is 6.07 Å².